The van der Waals surface area contributed by atoms with Crippen molar-refractivity contribution in [2.24, 2.45) is 11.7 Å². The van der Waals surface area contributed by atoms with Crippen molar-refractivity contribution >= 4 is 17.7 Å². The molecular weight excluding hydrogens is 419 g/mol. The molecule has 172 valence electrons. The van der Waals surface area contributed by atoms with Crippen LogP contribution in [0.5, 0.6) is 0 Å². The van der Waals surface area contributed by atoms with E-state index in [1.807, 2.05) is 24.3 Å². The lowest BCUT2D eigenvalue weighted by Crippen LogP contribution is -2.44. The number of pyridine rings is 1. The lowest BCUT2D eigenvalue weighted by molar-refractivity contribution is -0.122. The summed E-state index contributed by atoms with van der Waals surface area (Å²) in [7, 11) is 0. The lowest BCUT2D eigenvalue weighted by atomic mass is 9.80. The van der Waals surface area contributed by atoms with Gasteiger partial charge in [0, 0.05) is 30.6 Å². The molecule has 2 aromatic heterocycles. The van der Waals surface area contributed by atoms with Crippen molar-refractivity contribution < 1.29 is 9.18 Å². The van der Waals surface area contributed by atoms with Crippen LogP contribution in [0.1, 0.15) is 42.9 Å². The van der Waals surface area contributed by atoms with Crippen LogP contribution in [0.4, 0.5) is 16.2 Å². The van der Waals surface area contributed by atoms with Crippen LogP contribution in [0.25, 0.3) is 0 Å². The molecule has 33 heavy (non-hydrogen) atoms. The third-order valence-corrected chi connectivity index (χ3v) is 6.12. The number of nitrogens with zero attached hydrogens (tertiary/aromatic N) is 3. The molecule has 0 unspecified atom stereocenters. The van der Waals surface area contributed by atoms with Gasteiger partial charge in [0.1, 0.15) is 11.6 Å². The molecule has 4 N–H and O–H groups in total. The second-order valence-corrected chi connectivity index (χ2v) is 8.54. The van der Waals surface area contributed by atoms with Crippen molar-refractivity contribution in [2.75, 3.05) is 11.9 Å². The van der Waals surface area contributed by atoms with Gasteiger partial charge in [0.25, 0.3) is 0 Å². The summed E-state index contributed by atoms with van der Waals surface area (Å²) in [5.41, 5.74) is 7.92. The van der Waals surface area contributed by atoms with Crippen molar-refractivity contribution in [1.29, 1.82) is 0 Å². The van der Waals surface area contributed by atoms with E-state index in [4.69, 9.17) is 5.73 Å². The van der Waals surface area contributed by atoms with Gasteiger partial charge >= 0.3 is 0 Å². The molecule has 1 saturated carbocycles. The monoisotopic (exact) mass is 448 g/mol. The van der Waals surface area contributed by atoms with Crippen LogP contribution in [0.2, 0.25) is 0 Å². The number of carbonyl (C=O) groups is 1. The van der Waals surface area contributed by atoms with Crippen molar-refractivity contribution in [2.45, 2.75) is 44.1 Å². The number of aromatic nitrogens is 3. The second-order valence-electron chi connectivity index (χ2n) is 8.54. The summed E-state index contributed by atoms with van der Waals surface area (Å²) in [6.45, 7) is 0.624. The Bertz CT molecular complexity index is 1040. The Morgan fingerprint density at radius 3 is 2.55 bits per heavy atom. The highest BCUT2D eigenvalue weighted by molar-refractivity contribution is 5.81. The lowest BCUT2D eigenvalue weighted by Gasteiger charge is -2.28. The van der Waals surface area contributed by atoms with Gasteiger partial charge in [-0.25, -0.2) is 19.3 Å². The number of hydrogen-bond donors (Lipinski definition) is 3. The number of anilines is 2. The second kappa shape index (κ2) is 11.0. The first-order valence-electron chi connectivity index (χ1n) is 11.4. The zero-order valence-electron chi connectivity index (χ0n) is 18.5. The number of nitrogens with two attached hydrogens (primary N) is 1. The zero-order chi connectivity index (χ0) is 23.0. The maximum atomic E-state index is 13.0. The molecule has 0 aliphatic heterocycles. The molecule has 8 heteroatoms. The molecule has 4 rings (SSSR count). The molecule has 1 aliphatic carbocycles. The predicted octanol–water partition coefficient (Wildman–Crippen LogP) is 3.71. The van der Waals surface area contributed by atoms with E-state index in [0.717, 1.165) is 36.9 Å². The fourth-order valence-corrected chi connectivity index (χ4v) is 4.22. The van der Waals surface area contributed by atoms with Gasteiger partial charge in [0.2, 0.25) is 11.9 Å². The van der Waals surface area contributed by atoms with E-state index < -0.39 is 6.04 Å². The summed E-state index contributed by atoms with van der Waals surface area (Å²) in [5, 5.41) is 6.14. The Balaban J connectivity index is 1.22. The fourth-order valence-electron chi connectivity index (χ4n) is 4.22. The van der Waals surface area contributed by atoms with Crippen LogP contribution in [0.3, 0.4) is 0 Å². The smallest absolute Gasteiger partial charge is 0.237 e. The first-order chi connectivity index (χ1) is 16.1. The van der Waals surface area contributed by atoms with Gasteiger partial charge < -0.3 is 16.4 Å². The highest BCUT2D eigenvalue weighted by atomic mass is 19.1. The minimum absolute atomic E-state index is 0.164. The molecule has 1 aromatic carbocycles. The summed E-state index contributed by atoms with van der Waals surface area (Å²) in [4.78, 5) is 25.6. The SMILES string of the molecule is N[C@@H](Cc1ccc(F)cc1)C(=O)NCC1CCC(c2ccnc(Nc3ccccn3)n2)CC1. The van der Waals surface area contributed by atoms with Crippen LogP contribution in [-0.2, 0) is 11.2 Å². The predicted molar refractivity (Wildman–Crippen MR) is 125 cm³/mol. The zero-order valence-corrected chi connectivity index (χ0v) is 18.5. The van der Waals surface area contributed by atoms with E-state index in [1.165, 1.54) is 12.1 Å². The third-order valence-electron chi connectivity index (χ3n) is 6.12. The molecule has 0 saturated heterocycles. The number of rotatable bonds is 8. The van der Waals surface area contributed by atoms with Crippen LogP contribution >= 0.6 is 0 Å². The summed E-state index contributed by atoms with van der Waals surface area (Å²) >= 11 is 0. The van der Waals surface area contributed by atoms with E-state index in [0.29, 0.717) is 36.6 Å². The van der Waals surface area contributed by atoms with E-state index >= 15 is 0 Å². The average molecular weight is 449 g/mol. The van der Waals surface area contributed by atoms with E-state index in [9.17, 15) is 9.18 Å². The number of carbonyl (C=O) groups excluding carboxylic acids is 1. The maximum Gasteiger partial charge on any atom is 0.237 e. The molecule has 0 bridgehead atoms. The van der Waals surface area contributed by atoms with E-state index in [1.54, 1.807) is 24.5 Å². The molecule has 7 nitrogen and oxygen atoms in total. The van der Waals surface area contributed by atoms with Crippen molar-refractivity contribution in [3.63, 3.8) is 0 Å². The minimum atomic E-state index is -0.641. The van der Waals surface area contributed by atoms with Crippen molar-refractivity contribution in [3.05, 3.63) is 78.0 Å². The number of nitrogens with one attached hydrogen (secondary N) is 2. The Kier molecular flexibility index (Phi) is 7.57. The first kappa shape index (κ1) is 22.8. The highest BCUT2D eigenvalue weighted by Crippen LogP contribution is 2.35. The van der Waals surface area contributed by atoms with Gasteiger partial charge in [-0.2, -0.15) is 0 Å². The summed E-state index contributed by atoms with van der Waals surface area (Å²) in [5.74, 6) is 1.61. The fraction of sp³-hybridized carbons (Fsp3) is 0.360. The maximum absolute atomic E-state index is 13.0. The number of amides is 1. The van der Waals surface area contributed by atoms with Crippen LogP contribution in [0, 0.1) is 11.7 Å². The molecular formula is C25H29FN6O. The quantitative estimate of drug-likeness (QED) is 0.485. The summed E-state index contributed by atoms with van der Waals surface area (Å²) in [6.07, 6.45) is 7.96. The minimum Gasteiger partial charge on any atom is -0.354 e. The van der Waals surface area contributed by atoms with E-state index in [-0.39, 0.29) is 11.7 Å². The first-order valence-corrected chi connectivity index (χ1v) is 11.4. The van der Waals surface area contributed by atoms with Crippen LogP contribution in [0.15, 0.2) is 60.9 Å². The summed E-state index contributed by atoms with van der Waals surface area (Å²) in [6, 6.07) is 13.1. The van der Waals surface area contributed by atoms with E-state index in [2.05, 4.69) is 25.6 Å². The van der Waals surface area contributed by atoms with Crippen LogP contribution in [-0.4, -0.2) is 33.4 Å². The van der Waals surface area contributed by atoms with Gasteiger partial charge in [-0.15, -0.1) is 0 Å². The molecule has 0 spiro atoms. The van der Waals surface area contributed by atoms with Gasteiger partial charge in [-0.3, -0.25) is 4.79 Å². The molecule has 1 atom stereocenters. The molecule has 3 aromatic rings. The Hall–Kier alpha value is -3.39. The highest BCUT2D eigenvalue weighted by Gasteiger charge is 2.24. The van der Waals surface area contributed by atoms with Crippen molar-refractivity contribution in [3.8, 4) is 0 Å². The largest absolute Gasteiger partial charge is 0.354 e. The number of halogens is 1. The summed E-state index contributed by atoms with van der Waals surface area (Å²) < 4.78 is 13.0. The molecule has 1 fully saturated rings. The normalized spacial score (nSPS) is 19.0. The molecule has 1 aliphatic rings. The van der Waals surface area contributed by atoms with Gasteiger partial charge in [-0.1, -0.05) is 18.2 Å². The van der Waals surface area contributed by atoms with Gasteiger partial charge in [0.15, 0.2) is 0 Å². The number of hydrogen-bond acceptors (Lipinski definition) is 6. The molecule has 2 heterocycles. The van der Waals surface area contributed by atoms with Gasteiger partial charge in [-0.05, 0) is 73.9 Å². The number of benzene rings is 1. The molecule has 1 amide bonds. The van der Waals surface area contributed by atoms with Gasteiger partial charge in [0.05, 0.1) is 6.04 Å². The average Bonchev–Trinajstić information content (AvgIpc) is 2.85. The van der Waals surface area contributed by atoms with Crippen LogP contribution < -0.4 is 16.4 Å². The Morgan fingerprint density at radius 2 is 1.82 bits per heavy atom. The Labute approximate surface area is 193 Å². The standard InChI is InChI=1S/C25H29FN6O/c26-20-10-6-17(7-11-20)15-21(27)24(33)30-16-18-4-8-19(9-5-18)22-12-14-29-25(31-22)32-23-3-1-2-13-28-23/h1-3,6-7,10-14,18-19,21H,4-5,8-9,15-16,27H2,(H,30,33)(H,28,29,31,32)/t18?,19?,21-/m0/s1. The molecule has 0 radical (unpaired) electrons. The van der Waals surface area contributed by atoms with Crippen molar-refractivity contribution in [1.82, 2.24) is 20.3 Å². The third kappa shape index (κ3) is 6.55. The topological polar surface area (TPSA) is 106 Å². The Morgan fingerprint density at radius 1 is 1.03 bits per heavy atom.